The van der Waals surface area contributed by atoms with Crippen molar-refractivity contribution in [2.75, 3.05) is 31.5 Å². The van der Waals surface area contributed by atoms with E-state index in [0.717, 1.165) is 63.7 Å². The quantitative estimate of drug-likeness (QED) is 0.867. The van der Waals surface area contributed by atoms with E-state index in [0.29, 0.717) is 13.1 Å². The molecule has 28 heavy (non-hydrogen) atoms. The van der Waals surface area contributed by atoms with Gasteiger partial charge < -0.3 is 19.9 Å². The van der Waals surface area contributed by atoms with E-state index in [2.05, 4.69) is 12.2 Å². The molecule has 1 aromatic carbocycles. The van der Waals surface area contributed by atoms with Gasteiger partial charge in [0.25, 0.3) is 5.91 Å². The number of anilines is 1. The van der Waals surface area contributed by atoms with Crippen LogP contribution in [0.3, 0.4) is 0 Å². The molecule has 6 heteroatoms. The van der Waals surface area contributed by atoms with E-state index < -0.39 is 0 Å². The summed E-state index contributed by atoms with van der Waals surface area (Å²) in [6, 6.07) is 7.95. The molecule has 152 valence electrons. The molecule has 3 saturated heterocycles. The Balaban J connectivity index is 1.28. The molecule has 0 radical (unpaired) electrons. The molecule has 0 bridgehead atoms. The van der Waals surface area contributed by atoms with Crippen molar-refractivity contribution in [2.45, 2.75) is 63.6 Å². The van der Waals surface area contributed by atoms with Crippen molar-refractivity contribution in [3.63, 3.8) is 0 Å². The van der Waals surface area contributed by atoms with E-state index in [-0.39, 0.29) is 23.6 Å². The van der Waals surface area contributed by atoms with Crippen LogP contribution in [-0.2, 0) is 16.0 Å². The number of benzene rings is 1. The maximum atomic E-state index is 12.6. The molecule has 6 nitrogen and oxygen atoms in total. The molecule has 1 aromatic rings. The summed E-state index contributed by atoms with van der Waals surface area (Å²) in [6.07, 6.45) is 6.26. The highest BCUT2D eigenvalue weighted by Gasteiger charge is 2.46. The zero-order valence-electron chi connectivity index (χ0n) is 16.8. The lowest BCUT2D eigenvalue weighted by Gasteiger charge is -2.39. The highest BCUT2D eigenvalue weighted by atomic mass is 16.5. The molecule has 1 spiro atoms. The molecular weight excluding hydrogens is 354 g/mol. The van der Waals surface area contributed by atoms with Gasteiger partial charge in [0, 0.05) is 31.9 Å². The number of nitrogens with zero attached hydrogens (tertiary/aromatic N) is 2. The number of nitrogens with one attached hydrogen (secondary N) is 1. The molecule has 3 aliphatic rings. The molecule has 0 saturated carbocycles. The normalized spacial score (nSPS) is 24.0. The van der Waals surface area contributed by atoms with Crippen LogP contribution in [0.25, 0.3) is 0 Å². The number of ether oxygens (including phenoxy) is 1. The van der Waals surface area contributed by atoms with Crippen molar-refractivity contribution < 1.29 is 14.3 Å². The molecule has 3 heterocycles. The third-order valence-corrected chi connectivity index (χ3v) is 6.52. The number of amides is 3. The van der Waals surface area contributed by atoms with Crippen LogP contribution in [0.1, 0.15) is 51.0 Å². The molecule has 0 unspecified atom stereocenters. The van der Waals surface area contributed by atoms with Crippen LogP contribution in [0.2, 0.25) is 0 Å². The summed E-state index contributed by atoms with van der Waals surface area (Å²) < 4.78 is 6.29. The third-order valence-electron chi connectivity index (χ3n) is 6.52. The van der Waals surface area contributed by atoms with Crippen molar-refractivity contribution in [3.8, 4) is 0 Å². The topological polar surface area (TPSA) is 61.9 Å². The second-order valence-electron chi connectivity index (χ2n) is 8.33. The molecule has 3 amide bonds. The molecule has 0 aliphatic carbocycles. The highest BCUT2D eigenvalue weighted by Crippen LogP contribution is 2.39. The van der Waals surface area contributed by atoms with Gasteiger partial charge in [-0.2, -0.15) is 0 Å². The third kappa shape index (κ3) is 4.02. The van der Waals surface area contributed by atoms with Gasteiger partial charge in [0.2, 0.25) is 0 Å². The molecule has 3 fully saturated rings. The van der Waals surface area contributed by atoms with Crippen molar-refractivity contribution >= 4 is 17.6 Å². The maximum absolute atomic E-state index is 12.6. The van der Waals surface area contributed by atoms with Gasteiger partial charge in [-0.3, -0.25) is 4.79 Å². The van der Waals surface area contributed by atoms with Crippen LogP contribution < -0.4 is 5.32 Å². The zero-order valence-corrected chi connectivity index (χ0v) is 16.8. The molecule has 3 aliphatic heterocycles. The van der Waals surface area contributed by atoms with Crippen LogP contribution in [0, 0.1) is 0 Å². The van der Waals surface area contributed by atoms with Crippen molar-refractivity contribution in [1.29, 1.82) is 0 Å². The predicted molar refractivity (Wildman–Crippen MR) is 108 cm³/mol. The number of likely N-dealkylation sites (tertiary alicyclic amines) is 2. The van der Waals surface area contributed by atoms with Crippen LogP contribution in [-0.4, -0.2) is 59.6 Å². The van der Waals surface area contributed by atoms with Gasteiger partial charge in [-0.05, 0) is 62.6 Å². The van der Waals surface area contributed by atoms with Gasteiger partial charge in [-0.25, -0.2) is 4.79 Å². The largest absolute Gasteiger partial charge is 0.362 e. The van der Waals surface area contributed by atoms with E-state index >= 15 is 0 Å². The standard InChI is InChI=1S/C22H31N3O3/c1-2-17-5-7-18(8-6-17)23-21(27)25-15-11-22(12-16-25)10-9-19(28-22)20(26)24-13-3-4-14-24/h5-8,19H,2-4,9-16H2,1H3,(H,23,27)/t19-/m0/s1. The summed E-state index contributed by atoms with van der Waals surface area (Å²) in [5.41, 5.74) is 1.87. The number of carbonyl (C=O) groups is 2. The van der Waals surface area contributed by atoms with Crippen LogP contribution in [0.4, 0.5) is 10.5 Å². The highest BCUT2D eigenvalue weighted by molar-refractivity contribution is 5.89. The Bertz CT molecular complexity index is 704. The number of hydrogen-bond donors (Lipinski definition) is 1. The Hall–Kier alpha value is -2.08. The molecule has 1 atom stereocenters. The fourth-order valence-corrected chi connectivity index (χ4v) is 4.64. The van der Waals surface area contributed by atoms with E-state index in [1.807, 2.05) is 34.1 Å². The van der Waals surface area contributed by atoms with Gasteiger partial charge in [0.05, 0.1) is 5.60 Å². The average molecular weight is 386 g/mol. The minimum absolute atomic E-state index is 0.0539. The Kier molecular flexibility index (Phi) is 5.58. The minimum atomic E-state index is -0.282. The van der Waals surface area contributed by atoms with Crippen molar-refractivity contribution in [3.05, 3.63) is 29.8 Å². The van der Waals surface area contributed by atoms with Gasteiger partial charge in [0.1, 0.15) is 6.10 Å². The first-order valence-electron chi connectivity index (χ1n) is 10.7. The second-order valence-corrected chi connectivity index (χ2v) is 8.33. The number of rotatable bonds is 3. The van der Waals surface area contributed by atoms with Crippen LogP contribution in [0.15, 0.2) is 24.3 Å². The molecule has 4 rings (SSSR count). The van der Waals surface area contributed by atoms with Gasteiger partial charge in [0.15, 0.2) is 0 Å². The number of carbonyl (C=O) groups excluding carboxylic acids is 2. The van der Waals surface area contributed by atoms with E-state index in [9.17, 15) is 9.59 Å². The SMILES string of the molecule is CCc1ccc(NC(=O)N2CCC3(CC[C@@H](C(=O)N4CCCC4)O3)CC2)cc1. The Labute approximate surface area is 167 Å². The molecule has 1 N–H and O–H groups in total. The van der Waals surface area contributed by atoms with E-state index in [1.165, 1.54) is 5.56 Å². The summed E-state index contributed by atoms with van der Waals surface area (Å²) in [5.74, 6) is 0.171. The lowest BCUT2D eigenvalue weighted by Crippen LogP contribution is -2.48. The van der Waals surface area contributed by atoms with Gasteiger partial charge in [-0.15, -0.1) is 0 Å². The zero-order chi connectivity index (χ0) is 19.6. The van der Waals surface area contributed by atoms with Gasteiger partial charge in [-0.1, -0.05) is 19.1 Å². The Morgan fingerprint density at radius 3 is 2.36 bits per heavy atom. The second kappa shape index (κ2) is 8.11. The van der Waals surface area contributed by atoms with E-state index in [1.54, 1.807) is 0 Å². The summed E-state index contributed by atoms with van der Waals surface area (Å²) in [7, 11) is 0. The maximum Gasteiger partial charge on any atom is 0.321 e. The van der Waals surface area contributed by atoms with E-state index in [4.69, 9.17) is 4.74 Å². The molecule has 0 aromatic heterocycles. The summed E-state index contributed by atoms with van der Waals surface area (Å²) >= 11 is 0. The molecular formula is C22H31N3O3. The van der Waals surface area contributed by atoms with Gasteiger partial charge >= 0.3 is 6.03 Å². The smallest absolute Gasteiger partial charge is 0.321 e. The first-order chi connectivity index (χ1) is 13.6. The first kappa shape index (κ1) is 19.2. The number of aryl methyl sites for hydroxylation is 1. The number of urea groups is 1. The van der Waals surface area contributed by atoms with Crippen LogP contribution >= 0.6 is 0 Å². The minimum Gasteiger partial charge on any atom is -0.362 e. The predicted octanol–water partition coefficient (Wildman–Crippen LogP) is 3.42. The number of piperidine rings is 1. The summed E-state index contributed by atoms with van der Waals surface area (Å²) in [5, 5.41) is 2.99. The van der Waals surface area contributed by atoms with Crippen LogP contribution in [0.5, 0.6) is 0 Å². The average Bonchev–Trinajstić information content (AvgIpc) is 3.39. The fourth-order valence-electron chi connectivity index (χ4n) is 4.64. The fraction of sp³-hybridized carbons (Fsp3) is 0.636. The Morgan fingerprint density at radius 1 is 1.04 bits per heavy atom. The number of hydrogen-bond acceptors (Lipinski definition) is 3. The Morgan fingerprint density at radius 2 is 1.71 bits per heavy atom. The van der Waals surface area contributed by atoms with Crippen molar-refractivity contribution in [2.24, 2.45) is 0 Å². The van der Waals surface area contributed by atoms with Crippen molar-refractivity contribution in [1.82, 2.24) is 9.80 Å². The lowest BCUT2D eigenvalue weighted by atomic mass is 9.88. The first-order valence-corrected chi connectivity index (χ1v) is 10.7. The lowest BCUT2D eigenvalue weighted by molar-refractivity contribution is -0.149. The summed E-state index contributed by atoms with van der Waals surface area (Å²) in [4.78, 5) is 29.0. The monoisotopic (exact) mass is 385 g/mol. The summed E-state index contributed by atoms with van der Waals surface area (Å²) in [6.45, 7) is 5.20.